The molecule has 0 amide bonds. The highest BCUT2D eigenvalue weighted by Gasteiger charge is 2.38. The molecule has 0 saturated heterocycles. The summed E-state index contributed by atoms with van der Waals surface area (Å²) in [6.45, 7) is 1.84. The van der Waals surface area contributed by atoms with E-state index in [0.717, 1.165) is 11.6 Å². The van der Waals surface area contributed by atoms with Crippen molar-refractivity contribution in [3.05, 3.63) is 53.6 Å². The van der Waals surface area contributed by atoms with E-state index in [1.807, 2.05) is 19.1 Å². The number of sulfonamides is 1. The van der Waals surface area contributed by atoms with Crippen LogP contribution in [0.5, 0.6) is 11.5 Å². The largest absolute Gasteiger partial charge is 0.493 e. The molecule has 0 fully saturated rings. The van der Waals surface area contributed by atoms with Gasteiger partial charge in [-0.3, -0.25) is 4.31 Å². The first-order chi connectivity index (χ1) is 13.3. The molecule has 0 radical (unpaired) electrons. The van der Waals surface area contributed by atoms with Gasteiger partial charge >= 0.3 is 5.97 Å². The summed E-state index contributed by atoms with van der Waals surface area (Å²) in [5.41, 5.74) is 1.95. The van der Waals surface area contributed by atoms with Gasteiger partial charge < -0.3 is 14.6 Å². The Morgan fingerprint density at radius 1 is 1.21 bits per heavy atom. The SMILES string of the molecule is COc1cc(/C=C/C(=O)O)cc(S(=O)(=O)N2c3ccccc3CC2C)c1OC. The Balaban J connectivity index is 2.21. The van der Waals surface area contributed by atoms with Crippen molar-refractivity contribution in [2.24, 2.45) is 0 Å². The number of methoxy groups -OCH3 is 2. The number of rotatable bonds is 6. The second-order valence-electron chi connectivity index (χ2n) is 6.41. The second-order valence-corrected chi connectivity index (χ2v) is 8.19. The summed E-state index contributed by atoms with van der Waals surface area (Å²) in [7, 11) is -1.23. The van der Waals surface area contributed by atoms with Crippen LogP contribution in [0.25, 0.3) is 6.08 Å². The molecule has 0 aliphatic carbocycles. The van der Waals surface area contributed by atoms with E-state index in [9.17, 15) is 13.2 Å². The number of ether oxygens (including phenoxy) is 2. The van der Waals surface area contributed by atoms with Crippen molar-refractivity contribution >= 4 is 27.8 Å². The highest BCUT2D eigenvalue weighted by Crippen LogP contribution is 2.42. The van der Waals surface area contributed by atoms with Gasteiger partial charge in [0.15, 0.2) is 11.5 Å². The van der Waals surface area contributed by atoms with Gasteiger partial charge in [-0.25, -0.2) is 13.2 Å². The molecule has 2 aromatic carbocycles. The smallest absolute Gasteiger partial charge is 0.328 e. The zero-order valence-corrected chi connectivity index (χ0v) is 16.6. The van der Waals surface area contributed by atoms with Gasteiger partial charge in [-0.05, 0) is 48.7 Å². The van der Waals surface area contributed by atoms with Gasteiger partial charge in [0, 0.05) is 12.1 Å². The summed E-state index contributed by atoms with van der Waals surface area (Å²) in [6.07, 6.45) is 2.85. The Labute approximate surface area is 163 Å². The summed E-state index contributed by atoms with van der Waals surface area (Å²) in [5, 5.41) is 8.88. The lowest BCUT2D eigenvalue weighted by Crippen LogP contribution is -2.36. The molecule has 0 saturated carbocycles. The first-order valence-electron chi connectivity index (χ1n) is 8.59. The molecule has 1 unspecified atom stereocenters. The second kappa shape index (κ2) is 7.55. The van der Waals surface area contributed by atoms with E-state index in [0.29, 0.717) is 17.7 Å². The molecule has 8 heteroatoms. The molecule has 1 aliphatic heterocycles. The van der Waals surface area contributed by atoms with Gasteiger partial charge in [0.05, 0.1) is 19.9 Å². The number of hydrogen-bond donors (Lipinski definition) is 1. The van der Waals surface area contributed by atoms with E-state index in [2.05, 4.69) is 0 Å². The number of carboxylic acids is 1. The third kappa shape index (κ3) is 3.43. The topological polar surface area (TPSA) is 93.1 Å². The fourth-order valence-electron chi connectivity index (χ4n) is 3.41. The average Bonchev–Trinajstić information content (AvgIpc) is 3.01. The zero-order valence-electron chi connectivity index (χ0n) is 15.7. The molecule has 1 heterocycles. The molecular formula is C20H21NO6S. The lowest BCUT2D eigenvalue weighted by atomic mass is 10.1. The van der Waals surface area contributed by atoms with Crippen LogP contribution in [-0.4, -0.2) is 39.8 Å². The quantitative estimate of drug-likeness (QED) is 0.746. The van der Waals surface area contributed by atoms with Gasteiger partial charge in [0.1, 0.15) is 4.90 Å². The van der Waals surface area contributed by atoms with E-state index in [-0.39, 0.29) is 22.4 Å². The molecule has 0 aromatic heterocycles. The van der Waals surface area contributed by atoms with Crippen LogP contribution in [0.2, 0.25) is 0 Å². The maximum absolute atomic E-state index is 13.6. The molecule has 7 nitrogen and oxygen atoms in total. The summed E-state index contributed by atoms with van der Waals surface area (Å²) in [6, 6.07) is 10.0. The summed E-state index contributed by atoms with van der Waals surface area (Å²) >= 11 is 0. The number of aliphatic carboxylic acids is 1. The summed E-state index contributed by atoms with van der Waals surface area (Å²) < 4.78 is 39.2. The van der Waals surface area contributed by atoms with Crippen LogP contribution in [0.3, 0.4) is 0 Å². The lowest BCUT2D eigenvalue weighted by Gasteiger charge is -2.26. The lowest BCUT2D eigenvalue weighted by molar-refractivity contribution is -0.131. The van der Waals surface area contributed by atoms with Gasteiger partial charge in [-0.15, -0.1) is 0 Å². The van der Waals surface area contributed by atoms with Crippen LogP contribution in [0.1, 0.15) is 18.1 Å². The highest BCUT2D eigenvalue weighted by atomic mass is 32.2. The third-order valence-corrected chi connectivity index (χ3v) is 6.50. The van der Waals surface area contributed by atoms with E-state index in [4.69, 9.17) is 14.6 Å². The van der Waals surface area contributed by atoms with Gasteiger partial charge in [0.25, 0.3) is 10.0 Å². The number of nitrogens with zero attached hydrogens (tertiary/aromatic N) is 1. The molecule has 148 valence electrons. The maximum Gasteiger partial charge on any atom is 0.328 e. The molecule has 0 bridgehead atoms. The average molecular weight is 403 g/mol. The van der Waals surface area contributed by atoms with Crippen LogP contribution < -0.4 is 13.8 Å². The minimum absolute atomic E-state index is 0.0755. The van der Waals surface area contributed by atoms with E-state index >= 15 is 0 Å². The number of carbonyl (C=O) groups is 1. The molecule has 2 aromatic rings. The van der Waals surface area contributed by atoms with Crippen molar-refractivity contribution in [1.29, 1.82) is 0 Å². The number of benzene rings is 2. The van der Waals surface area contributed by atoms with Crippen molar-refractivity contribution in [1.82, 2.24) is 0 Å². The maximum atomic E-state index is 13.6. The Hall–Kier alpha value is -3.00. The molecule has 1 N–H and O–H groups in total. The summed E-state index contributed by atoms with van der Waals surface area (Å²) in [4.78, 5) is 10.8. The standard InChI is InChI=1S/C20H21NO6S/c1-13-10-15-6-4-5-7-16(15)21(13)28(24,25)18-12-14(8-9-19(22)23)11-17(26-2)20(18)27-3/h4-9,11-13H,10H2,1-3H3,(H,22,23)/b9-8+. The van der Waals surface area contributed by atoms with Crippen molar-refractivity contribution in [2.75, 3.05) is 18.5 Å². The number of para-hydroxylation sites is 1. The number of fused-ring (bicyclic) bond motifs is 1. The first-order valence-corrected chi connectivity index (χ1v) is 10.0. The Morgan fingerprint density at radius 2 is 1.93 bits per heavy atom. The fourth-order valence-corrected chi connectivity index (χ4v) is 5.31. The van der Waals surface area contributed by atoms with Crippen LogP contribution in [0, 0.1) is 0 Å². The molecule has 0 spiro atoms. The van der Waals surface area contributed by atoms with Crippen molar-refractivity contribution in [2.45, 2.75) is 24.3 Å². The van der Waals surface area contributed by atoms with Crippen LogP contribution in [0.15, 0.2) is 47.4 Å². The highest BCUT2D eigenvalue weighted by molar-refractivity contribution is 7.93. The van der Waals surface area contributed by atoms with Crippen LogP contribution in [0.4, 0.5) is 5.69 Å². The number of anilines is 1. The van der Waals surface area contributed by atoms with Crippen molar-refractivity contribution in [3.63, 3.8) is 0 Å². The monoisotopic (exact) mass is 403 g/mol. The van der Waals surface area contributed by atoms with Gasteiger partial charge in [-0.2, -0.15) is 0 Å². The van der Waals surface area contributed by atoms with Crippen LogP contribution >= 0.6 is 0 Å². The van der Waals surface area contributed by atoms with E-state index < -0.39 is 16.0 Å². The zero-order chi connectivity index (χ0) is 20.5. The molecule has 1 aliphatic rings. The molecule has 3 rings (SSSR count). The Bertz CT molecular complexity index is 1040. The minimum atomic E-state index is -3.99. The Morgan fingerprint density at radius 3 is 2.57 bits per heavy atom. The fraction of sp³-hybridized carbons (Fsp3) is 0.250. The Kier molecular flexibility index (Phi) is 5.33. The normalized spacial score (nSPS) is 16.2. The van der Waals surface area contributed by atoms with Gasteiger partial charge in [-0.1, -0.05) is 18.2 Å². The first kappa shape index (κ1) is 19.8. The summed E-state index contributed by atoms with van der Waals surface area (Å²) in [5.74, 6) is -0.860. The molecule has 1 atom stereocenters. The van der Waals surface area contributed by atoms with E-state index in [1.165, 1.54) is 36.7 Å². The van der Waals surface area contributed by atoms with Crippen molar-refractivity contribution < 1.29 is 27.8 Å². The number of hydrogen-bond acceptors (Lipinski definition) is 5. The predicted octanol–water partition coefficient (Wildman–Crippen LogP) is 2.94. The van der Waals surface area contributed by atoms with Crippen LogP contribution in [-0.2, 0) is 21.2 Å². The van der Waals surface area contributed by atoms with Crippen molar-refractivity contribution in [3.8, 4) is 11.5 Å². The predicted molar refractivity (Wildman–Crippen MR) is 105 cm³/mol. The minimum Gasteiger partial charge on any atom is -0.493 e. The third-order valence-electron chi connectivity index (χ3n) is 4.57. The van der Waals surface area contributed by atoms with Gasteiger partial charge in [0.2, 0.25) is 0 Å². The van der Waals surface area contributed by atoms with E-state index in [1.54, 1.807) is 12.1 Å². The molecule has 28 heavy (non-hydrogen) atoms. The molecular weight excluding hydrogens is 382 g/mol. The number of carboxylic acid groups (broad SMARTS) is 1.